The van der Waals surface area contributed by atoms with Gasteiger partial charge in [-0.3, -0.25) is 0 Å². The van der Waals surface area contributed by atoms with Crippen LogP contribution in [0.3, 0.4) is 0 Å². The molecule has 2 heterocycles. The standard InChI is InChI=1S/C17H19NO3S/c1-12-5-7-13(8-6-12)16-18-15(11-22-16)17(19)21-10-14-4-2-3-9-20-14/h5-8,11,14H,2-4,9-10H2,1H3. The van der Waals surface area contributed by atoms with Gasteiger partial charge in [0.15, 0.2) is 5.69 Å². The Bertz CT molecular complexity index is 630. The summed E-state index contributed by atoms with van der Waals surface area (Å²) in [6, 6.07) is 8.10. The van der Waals surface area contributed by atoms with E-state index in [0.29, 0.717) is 12.3 Å². The van der Waals surface area contributed by atoms with Gasteiger partial charge in [0.05, 0.1) is 6.10 Å². The van der Waals surface area contributed by atoms with Crippen LogP contribution in [-0.2, 0) is 9.47 Å². The number of aromatic nitrogens is 1. The molecule has 4 nitrogen and oxygen atoms in total. The van der Waals surface area contributed by atoms with E-state index >= 15 is 0 Å². The first kappa shape index (κ1) is 15.2. The maximum absolute atomic E-state index is 12.1. The first-order valence-electron chi connectivity index (χ1n) is 7.53. The van der Waals surface area contributed by atoms with Crippen LogP contribution in [0.25, 0.3) is 10.6 Å². The Morgan fingerprint density at radius 2 is 2.18 bits per heavy atom. The Balaban J connectivity index is 1.60. The van der Waals surface area contributed by atoms with Crippen LogP contribution in [0.1, 0.15) is 35.3 Å². The highest BCUT2D eigenvalue weighted by Gasteiger charge is 2.18. The molecule has 1 aromatic heterocycles. The second-order valence-corrected chi connectivity index (χ2v) is 6.35. The van der Waals surface area contributed by atoms with Crippen molar-refractivity contribution in [3.8, 4) is 10.6 Å². The molecule has 0 aliphatic carbocycles. The second-order valence-electron chi connectivity index (χ2n) is 5.49. The maximum Gasteiger partial charge on any atom is 0.357 e. The summed E-state index contributed by atoms with van der Waals surface area (Å²) in [6.45, 7) is 3.12. The Morgan fingerprint density at radius 1 is 1.36 bits per heavy atom. The number of thiazole rings is 1. The Morgan fingerprint density at radius 3 is 2.91 bits per heavy atom. The van der Waals surface area contributed by atoms with Crippen molar-refractivity contribution >= 4 is 17.3 Å². The maximum atomic E-state index is 12.1. The van der Waals surface area contributed by atoms with E-state index in [1.807, 2.05) is 31.2 Å². The van der Waals surface area contributed by atoms with Crippen molar-refractivity contribution in [2.45, 2.75) is 32.3 Å². The number of esters is 1. The number of aryl methyl sites for hydroxylation is 1. The minimum absolute atomic E-state index is 0.0351. The lowest BCUT2D eigenvalue weighted by Crippen LogP contribution is -2.26. The predicted octanol–water partition coefficient (Wildman–Crippen LogP) is 3.84. The molecule has 0 amide bonds. The topological polar surface area (TPSA) is 48.4 Å². The summed E-state index contributed by atoms with van der Waals surface area (Å²) in [6.07, 6.45) is 3.22. The summed E-state index contributed by atoms with van der Waals surface area (Å²) >= 11 is 1.46. The molecule has 3 rings (SSSR count). The summed E-state index contributed by atoms with van der Waals surface area (Å²) in [5.41, 5.74) is 2.59. The number of carbonyl (C=O) groups excluding carboxylic acids is 1. The fraction of sp³-hybridized carbons (Fsp3) is 0.412. The number of hydrogen-bond acceptors (Lipinski definition) is 5. The van der Waals surface area contributed by atoms with Crippen LogP contribution in [0.2, 0.25) is 0 Å². The van der Waals surface area contributed by atoms with E-state index in [2.05, 4.69) is 4.98 Å². The number of carbonyl (C=O) groups is 1. The Hall–Kier alpha value is -1.72. The molecule has 0 bridgehead atoms. The molecule has 1 aliphatic heterocycles. The molecule has 0 radical (unpaired) electrons. The molecule has 1 fully saturated rings. The van der Waals surface area contributed by atoms with E-state index in [0.717, 1.165) is 36.4 Å². The lowest BCUT2D eigenvalue weighted by Gasteiger charge is -2.21. The third kappa shape index (κ3) is 3.72. The first-order chi connectivity index (χ1) is 10.7. The van der Waals surface area contributed by atoms with Crippen LogP contribution in [0.15, 0.2) is 29.6 Å². The van der Waals surface area contributed by atoms with Crippen molar-refractivity contribution < 1.29 is 14.3 Å². The van der Waals surface area contributed by atoms with Gasteiger partial charge in [0, 0.05) is 17.6 Å². The fourth-order valence-electron chi connectivity index (χ4n) is 2.38. The predicted molar refractivity (Wildman–Crippen MR) is 86.2 cm³/mol. The van der Waals surface area contributed by atoms with Crippen molar-refractivity contribution in [1.29, 1.82) is 0 Å². The van der Waals surface area contributed by atoms with Crippen LogP contribution < -0.4 is 0 Å². The van der Waals surface area contributed by atoms with Gasteiger partial charge in [-0.25, -0.2) is 9.78 Å². The van der Waals surface area contributed by atoms with Crippen LogP contribution in [0.5, 0.6) is 0 Å². The van der Waals surface area contributed by atoms with Crippen LogP contribution in [-0.4, -0.2) is 30.3 Å². The van der Waals surface area contributed by atoms with Crippen molar-refractivity contribution in [3.63, 3.8) is 0 Å². The van der Waals surface area contributed by atoms with E-state index in [-0.39, 0.29) is 12.1 Å². The average molecular weight is 317 g/mol. The van der Waals surface area contributed by atoms with Crippen molar-refractivity contribution in [2.24, 2.45) is 0 Å². The Labute approximate surface area is 134 Å². The molecule has 1 unspecified atom stereocenters. The van der Waals surface area contributed by atoms with E-state index in [1.165, 1.54) is 16.9 Å². The van der Waals surface area contributed by atoms with Gasteiger partial charge in [-0.05, 0) is 26.2 Å². The molecular formula is C17H19NO3S. The minimum Gasteiger partial charge on any atom is -0.458 e. The third-order valence-corrected chi connectivity index (χ3v) is 4.58. The molecule has 2 aromatic rings. The minimum atomic E-state index is -0.371. The molecule has 1 saturated heterocycles. The molecule has 5 heteroatoms. The number of nitrogens with zero attached hydrogens (tertiary/aromatic N) is 1. The molecule has 22 heavy (non-hydrogen) atoms. The van der Waals surface area contributed by atoms with Crippen molar-refractivity contribution in [2.75, 3.05) is 13.2 Å². The van der Waals surface area contributed by atoms with E-state index in [9.17, 15) is 4.79 Å². The average Bonchev–Trinajstić information content (AvgIpc) is 3.04. The van der Waals surface area contributed by atoms with Gasteiger partial charge < -0.3 is 9.47 Å². The van der Waals surface area contributed by atoms with Gasteiger partial charge in [0.2, 0.25) is 0 Å². The molecule has 1 aliphatic rings. The summed E-state index contributed by atoms with van der Waals surface area (Å²) in [5.74, 6) is -0.371. The summed E-state index contributed by atoms with van der Waals surface area (Å²) in [7, 11) is 0. The summed E-state index contributed by atoms with van der Waals surface area (Å²) < 4.78 is 10.9. The van der Waals surface area contributed by atoms with Crippen LogP contribution in [0.4, 0.5) is 0 Å². The zero-order valence-electron chi connectivity index (χ0n) is 12.6. The molecule has 116 valence electrons. The normalized spacial score (nSPS) is 18.1. The number of benzene rings is 1. The van der Waals surface area contributed by atoms with Crippen LogP contribution >= 0.6 is 11.3 Å². The van der Waals surface area contributed by atoms with Gasteiger partial charge in [-0.1, -0.05) is 29.8 Å². The highest BCUT2D eigenvalue weighted by molar-refractivity contribution is 7.13. The van der Waals surface area contributed by atoms with Crippen molar-refractivity contribution in [3.05, 3.63) is 40.9 Å². The molecule has 0 spiro atoms. The second kappa shape index (κ2) is 7.03. The molecular weight excluding hydrogens is 298 g/mol. The lowest BCUT2D eigenvalue weighted by atomic mass is 10.1. The zero-order chi connectivity index (χ0) is 15.4. The van der Waals surface area contributed by atoms with E-state index in [4.69, 9.17) is 9.47 Å². The first-order valence-corrected chi connectivity index (χ1v) is 8.41. The van der Waals surface area contributed by atoms with Crippen LogP contribution in [0, 0.1) is 6.92 Å². The number of rotatable bonds is 4. The third-order valence-electron chi connectivity index (χ3n) is 3.69. The monoisotopic (exact) mass is 317 g/mol. The highest BCUT2D eigenvalue weighted by atomic mass is 32.1. The van der Waals surface area contributed by atoms with E-state index in [1.54, 1.807) is 5.38 Å². The Kier molecular flexibility index (Phi) is 4.85. The quantitative estimate of drug-likeness (QED) is 0.804. The zero-order valence-corrected chi connectivity index (χ0v) is 13.4. The van der Waals surface area contributed by atoms with Crippen molar-refractivity contribution in [1.82, 2.24) is 4.98 Å². The number of ether oxygens (including phenoxy) is 2. The molecule has 1 aromatic carbocycles. The van der Waals surface area contributed by atoms with Gasteiger partial charge in [-0.2, -0.15) is 0 Å². The smallest absolute Gasteiger partial charge is 0.357 e. The highest BCUT2D eigenvalue weighted by Crippen LogP contribution is 2.24. The largest absolute Gasteiger partial charge is 0.458 e. The van der Waals surface area contributed by atoms with E-state index < -0.39 is 0 Å². The molecule has 0 N–H and O–H groups in total. The van der Waals surface area contributed by atoms with Gasteiger partial charge in [-0.15, -0.1) is 11.3 Å². The van der Waals surface area contributed by atoms with Gasteiger partial charge >= 0.3 is 5.97 Å². The van der Waals surface area contributed by atoms with Gasteiger partial charge in [0.1, 0.15) is 11.6 Å². The molecule has 0 saturated carbocycles. The van der Waals surface area contributed by atoms with Gasteiger partial charge in [0.25, 0.3) is 0 Å². The molecule has 1 atom stereocenters. The summed E-state index contributed by atoms with van der Waals surface area (Å²) in [5, 5.41) is 2.58. The number of hydrogen-bond donors (Lipinski definition) is 0. The fourth-order valence-corrected chi connectivity index (χ4v) is 3.17. The summed E-state index contributed by atoms with van der Waals surface area (Å²) in [4.78, 5) is 16.4. The lowest BCUT2D eigenvalue weighted by molar-refractivity contribution is -0.0302. The SMILES string of the molecule is Cc1ccc(-c2nc(C(=O)OCC3CCCCO3)cs2)cc1.